The third kappa shape index (κ3) is 3.85. The van der Waals surface area contributed by atoms with Crippen LogP contribution in [0.3, 0.4) is 0 Å². The molecule has 6 nitrogen and oxygen atoms in total. The molecule has 0 radical (unpaired) electrons. The molecule has 138 valence electrons. The summed E-state index contributed by atoms with van der Waals surface area (Å²) in [6, 6.07) is 6.61. The van der Waals surface area contributed by atoms with Crippen LogP contribution >= 0.6 is 0 Å². The molecule has 0 spiro atoms. The largest absolute Gasteiger partial charge is 0.465 e. The number of carbonyl (C=O) groups is 3. The maximum atomic E-state index is 12.8. The van der Waals surface area contributed by atoms with Crippen molar-refractivity contribution in [1.82, 2.24) is 4.90 Å². The van der Waals surface area contributed by atoms with E-state index in [2.05, 4.69) is 4.74 Å². The molecule has 1 aromatic carbocycles. The van der Waals surface area contributed by atoms with Crippen molar-refractivity contribution in [1.29, 1.82) is 0 Å². The van der Waals surface area contributed by atoms with Crippen molar-refractivity contribution in [2.24, 2.45) is 5.92 Å². The number of amides is 1. The highest BCUT2D eigenvalue weighted by molar-refractivity contribution is 6.16. The zero-order valence-electron chi connectivity index (χ0n) is 15.7. The van der Waals surface area contributed by atoms with Crippen molar-refractivity contribution in [2.45, 2.75) is 20.8 Å². The van der Waals surface area contributed by atoms with Gasteiger partial charge in [0, 0.05) is 12.2 Å². The monoisotopic (exact) mass is 357 g/mol. The first kappa shape index (κ1) is 19.4. The molecular weight excluding hydrogens is 334 g/mol. The van der Waals surface area contributed by atoms with E-state index in [4.69, 9.17) is 4.74 Å². The lowest BCUT2D eigenvalue weighted by molar-refractivity contribution is -0.136. The number of methoxy groups -OCH3 is 2. The minimum Gasteiger partial charge on any atom is -0.465 e. The van der Waals surface area contributed by atoms with Gasteiger partial charge in [0.25, 0.3) is 5.91 Å². The van der Waals surface area contributed by atoms with Crippen molar-refractivity contribution < 1.29 is 23.9 Å². The molecule has 0 atom stereocenters. The summed E-state index contributed by atoms with van der Waals surface area (Å²) in [6.45, 7) is 6.27. The van der Waals surface area contributed by atoms with Gasteiger partial charge in [-0.3, -0.25) is 4.79 Å². The Bertz CT molecular complexity index is 787. The molecule has 1 amide bonds. The van der Waals surface area contributed by atoms with Gasteiger partial charge in [0.05, 0.1) is 30.9 Å². The van der Waals surface area contributed by atoms with Gasteiger partial charge in [0.1, 0.15) is 0 Å². The maximum absolute atomic E-state index is 12.8. The molecule has 2 rings (SSSR count). The first-order valence-corrected chi connectivity index (χ1v) is 8.31. The Morgan fingerprint density at radius 2 is 1.65 bits per heavy atom. The molecule has 0 N–H and O–H groups in total. The van der Waals surface area contributed by atoms with Crippen molar-refractivity contribution in [2.75, 3.05) is 20.8 Å². The van der Waals surface area contributed by atoms with Gasteiger partial charge in [0.15, 0.2) is 0 Å². The average Bonchev–Trinajstić information content (AvgIpc) is 2.85. The van der Waals surface area contributed by atoms with Gasteiger partial charge in [-0.15, -0.1) is 0 Å². The van der Waals surface area contributed by atoms with E-state index in [0.717, 1.165) is 0 Å². The van der Waals surface area contributed by atoms with Gasteiger partial charge in [-0.1, -0.05) is 26.0 Å². The van der Waals surface area contributed by atoms with Gasteiger partial charge in [-0.05, 0) is 36.6 Å². The van der Waals surface area contributed by atoms with E-state index in [1.807, 2.05) is 13.8 Å². The van der Waals surface area contributed by atoms with Crippen LogP contribution in [0.15, 0.2) is 41.1 Å². The van der Waals surface area contributed by atoms with Crippen LogP contribution < -0.4 is 0 Å². The molecule has 1 heterocycles. The summed E-state index contributed by atoms with van der Waals surface area (Å²) >= 11 is 0. The molecule has 0 aromatic heterocycles. The fourth-order valence-electron chi connectivity index (χ4n) is 2.81. The van der Waals surface area contributed by atoms with Crippen LogP contribution in [-0.2, 0) is 19.1 Å². The number of hydrogen-bond acceptors (Lipinski definition) is 5. The van der Waals surface area contributed by atoms with Crippen LogP contribution in [0.1, 0.15) is 36.7 Å². The van der Waals surface area contributed by atoms with E-state index in [1.165, 1.54) is 14.2 Å². The number of carbonyl (C=O) groups excluding carboxylic acids is 3. The quantitative estimate of drug-likeness (QED) is 0.598. The Morgan fingerprint density at radius 3 is 2.15 bits per heavy atom. The van der Waals surface area contributed by atoms with E-state index in [0.29, 0.717) is 28.9 Å². The Morgan fingerprint density at radius 1 is 1.08 bits per heavy atom. The molecular formula is C20H23NO5. The second kappa shape index (κ2) is 7.99. The van der Waals surface area contributed by atoms with E-state index in [1.54, 1.807) is 42.2 Å². The third-order valence-corrected chi connectivity index (χ3v) is 4.09. The molecule has 6 heteroatoms. The predicted octanol–water partition coefficient (Wildman–Crippen LogP) is 2.80. The molecule has 26 heavy (non-hydrogen) atoms. The average molecular weight is 357 g/mol. The highest BCUT2D eigenvalue weighted by Crippen LogP contribution is 2.32. The van der Waals surface area contributed by atoms with E-state index >= 15 is 0 Å². The first-order valence-electron chi connectivity index (χ1n) is 8.31. The van der Waals surface area contributed by atoms with E-state index < -0.39 is 11.9 Å². The smallest absolute Gasteiger partial charge is 0.340 e. The number of nitrogens with zero attached hydrogens (tertiary/aromatic N) is 1. The van der Waals surface area contributed by atoms with Crippen molar-refractivity contribution >= 4 is 23.9 Å². The van der Waals surface area contributed by atoms with Gasteiger partial charge in [-0.2, -0.15) is 0 Å². The zero-order chi connectivity index (χ0) is 19.4. The summed E-state index contributed by atoms with van der Waals surface area (Å²) in [5.41, 5.74) is 2.26. The summed E-state index contributed by atoms with van der Waals surface area (Å²) in [7, 11) is 2.61. The fraction of sp³-hybridized carbons (Fsp3) is 0.350. The SMILES string of the molecule is COC(=O)C1=C(C)N(CC(C)C)C(=O)C1=Cc1ccc(C(=O)OC)cc1. The standard InChI is InChI=1S/C20H23NO5/c1-12(2)11-21-13(3)17(20(24)26-5)16(18(21)22)10-14-6-8-15(9-7-14)19(23)25-4/h6-10,12H,11H2,1-5H3. The van der Waals surface area contributed by atoms with Crippen molar-refractivity contribution in [3.63, 3.8) is 0 Å². The predicted molar refractivity (Wildman–Crippen MR) is 97.0 cm³/mol. The Kier molecular flexibility index (Phi) is 5.97. The van der Waals surface area contributed by atoms with Gasteiger partial charge in [-0.25, -0.2) is 9.59 Å². The molecule has 0 fully saturated rings. The summed E-state index contributed by atoms with van der Waals surface area (Å²) in [5, 5.41) is 0. The number of esters is 2. The van der Waals surface area contributed by atoms with Crippen LogP contribution in [-0.4, -0.2) is 43.5 Å². The minimum atomic E-state index is -0.542. The van der Waals surface area contributed by atoms with Crippen LogP contribution in [0, 0.1) is 5.92 Å². The van der Waals surface area contributed by atoms with E-state index in [-0.39, 0.29) is 17.4 Å². The van der Waals surface area contributed by atoms with Gasteiger partial charge in [0.2, 0.25) is 0 Å². The van der Waals surface area contributed by atoms with Crippen LogP contribution in [0.25, 0.3) is 6.08 Å². The van der Waals surface area contributed by atoms with E-state index in [9.17, 15) is 14.4 Å². The molecule has 0 bridgehead atoms. The highest BCUT2D eigenvalue weighted by atomic mass is 16.5. The van der Waals surface area contributed by atoms with Crippen molar-refractivity contribution in [3.05, 3.63) is 52.2 Å². The number of hydrogen-bond donors (Lipinski definition) is 0. The maximum Gasteiger partial charge on any atom is 0.340 e. The molecule has 1 aliphatic heterocycles. The summed E-state index contributed by atoms with van der Waals surface area (Å²) in [4.78, 5) is 38.2. The van der Waals surface area contributed by atoms with Crippen LogP contribution in [0.4, 0.5) is 0 Å². The molecule has 1 aliphatic rings. The summed E-state index contributed by atoms with van der Waals surface area (Å²) in [6.07, 6.45) is 1.64. The second-order valence-electron chi connectivity index (χ2n) is 6.43. The Hall–Kier alpha value is -2.89. The molecule has 0 saturated carbocycles. The van der Waals surface area contributed by atoms with Crippen LogP contribution in [0.5, 0.6) is 0 Å². The number of allylic oxidation sites excluding steroid dienone is 1. The normalized spacial score (nSPS) is 15.8. The van der Waals surface area contributed by atoms with Gasteiger partial charge < -0.3 is 14.4 Å². The Balaban J connectivity index is 2.44. The van der Waals surface area contributed by atoms with Crippen LogP contribution in [0.2, 0.25) is 0 Å². The second-order valence-corrected chi connectivity index (χ2v) is 6.43. The lowest BCUT2D eigenvalue weighted by Gasteiger charge is -2.19. The number of ether oxygens (including phenoxy) is 2. The van der Waals surface area contributed by atoms with Gasteiger partial charge >= 0.3 is 11.9 Å². The van der Waals surface area contributed by atoms with Crippen molar-refractivity contribution in [3.8, 4) is 0 Å². The topological polar surface area (TPSA) is 72.9 Å². The highest BCUT2D eigenvalue weighted by Gasteiger charge is 2.37. The summed E-state index contributed by atoms with van der Waals surface area (Å²) in [5.74, 6) is -0.949. The molecule has 1 aromatic rings. The number of benzene rings is 1. The molecule has 0 unspecified atom stereocenters. The first-order chi connectivity index (χ1) is 12.3. The number of rotatable bonds is 5. The lowest BCUT2D eigenvalue weighted by atomic mass is 10.0. The zero-order valence-corrected chi connectivity index (χ0v) is 15.7. The molecule has 0 saturated heterocycles. The molecule has 0 aliphatic carbocycles. The fourth-order valence-corrected chi connectivity index (χ4v) is 2.81. The summed E-state index contributed by atoms with van der Waals surface area (Å²) < 4.78 is 9.53. The lowest BCUT2D eigenvalue weighted by Crippen LogP contribution is -2.28. The Labute approximate surface area is 153 Å². The third-order valence-electron chi connectivity index (χ3n) is 4.09. The minimum absolute atomic E-state index is 0.228.